The SMILES string of the molecule is CCC1(CC)C2CCC1(CS(=O)(=O)O)C(=O)C2. The summed E-state index contributed by atoms with van der Waals surface area (Å²) in [7, 11) is -4.10. The molecule has 2 saturated carbocycles. The van der Waals surface area contributed by atoms with Crippen LogP contribution >= 0.6 is 0 Å². The van der Waals surface area contributed by atoms with Crippen LogP contribution in [0.1, 0.15) is 46.0 Å². The van der Waals surface area contributed by atoms with Crippen molar-refractivity contribution in [3.63, 3.8) is 0 Å². The lowest BCUT2D eigenvalue weighted by Crippen LogP contribution is -2.44. The highest BCUT2D eigenvalue weighted by Crippen LogP contribution is 2.67. The van der Waals surface area contributed by atoms with Crippen molar-refractivity contribution in [2.75, 3.05) is 5.75 Å². The molecule has 0 aromatic heterocycles. The highest BCUT2D eigenvalue weighted by molar-refractivity contribution is 7.85. The van der Waals surface area contributed by atoms with Crippen molar-refractivity contribution in [1.82, 2.24) is 0 Å². The first-order valence-corrected chi connectivity index (χ1v) is 7.91. The van der Waals surface area contributed by atoms with Crippen LogP contribution < -0.4 is 0 Å². The van der Waals surface area contributed by atoms with Crippen LogP contribution in [0, 0.1) is 16.7 Å². The Morgan fingerprint density at radius 3 is 2.35 bits per heavy atom. The van der Waals surface area contributed by atoms with Crippen molar-refractivity contribution < 1.29 is 17.8 Å². The van der Waals surface area contributed by atoms with E-state index >= 15 is 0 Å². The van der Waals surface area contributed by atoms with E-state index < -0.39 is 15.5 Å². The van der Waals surface area contributed by atoms with Crippen LogP contribution in [0.2, 0.25) is 0 Å². The van der Waals surface area contributed by atoms with E-state index in [4.69, 9.17) is 4.55 Å². The maximum Gasteiger partial charge on any atom is 0.265 e. The van der Waals surface area contributed by atoms with Gasteiger partial charge in [-0.05, 0) is 37.0 Å². The summed E-state index contributed by atoms with van der Waals surface area (Å²) >= 11 is 0. The quantitative estimate of drug-likeness (QED) is 0.785. The van der Waals surface area contributed by atoms with E-state index in [-0.39, 0.29) is 17.0 Å². The summed E-state index contributed by atoms with van der Waals surface area (Å²) in [5.74, 6) is -0.0152. The zero-order valence-electron chi connectivity index (χ0n) is 10.4. The zero-order chi connectivity index (χ0) is 12.9. The fourth-order valence-electron chi connectivity index (χ4n) is 4.58. The second-order valence-corrected chi connectivity index (χ2v) is 6.99. The minimum absolute atomic E-state index is 0.0510. The van der Waals surface area contributed by atoms with Crippen LogP contribution in [0.15, 0.2) is 0 Å². The van der Waals surface area contributed by atoms with Crippen molar-refractivity contribution >= 4 is 15.9 Å². The molecule has 1 N–H and O–H groups in total. The predicted molar refractivity (Wildman–Crippen MR) is 64.2 cm³/mol. The van der Waals surface area contributed by atoms with E-state index in [0.717, 1.165) is 19.3 Å². The maximum atomic E-state index is 12.2. The third kappa shape index (κ3) is 1.58. The second-order valence-electron chi connectivity index (χ2n) is 5.53. The fourth-order valence-corrected chi connectivity index (χ4v) is 5.80. The van der Waals surface area contributed by atoms with Gasteiger partial charge in [-0.1, -0.05) is 13.8 Å². The largest absolute Gasteiger partial charge is 0.299 e. The summed E-state index contributed by atoms with van der Waals surface area (Å²) in [5, 5.41) is 0. The molecule has 2 unspecified atom stereocenters. The van der Waals surface area contributed by atoms with E-state index in [1.807, 2.05) is 13.8 Å². The van der Waals surface area contributed by atoms with Gasteiger partial charge in [0.25, 0.3) is 10.1 Å². The van der Waals surface area contributed by atoms with Gasteiger partial charge < -0.3 is 0 Å². The minimum atomic E-state index is -4.10. The molecule has 4 nitrogen and oxygen atoms in total. The van der Waals surface area contributed by atoms with Gasteiger partial charge >= 0.3 is 0 Å². The highest BCUT2D eigenvalue weighted by Gasteiger charge is 2.67. The fraction of sp³-hybridized carbons (Fsp3) is 0.917. The van der Waals surface area contributed by atoms with E-state index in [1.54, 1.807) is 0 Å². The summed E-state index contributed by atoms with van der Waals surface area (Å²) in [4.78, 5) is 12.2. The lowest BCUT2D eigenvalue weighted by Gasteiger charge is -2.40. The van der Waals surface area contributed by atoms with E-state index in [2.05, 4.69) is 0 Å². The summed E-state index contributed by atoms with van der Waals surface area (Å²) in [6.45, 7) is 4.05. The molecule has 2 bridgehead atoms. The average Bonchev–Trinajstić information content (AvgIpc) is 2.62. The topological polar surface area (TPSA) is 71.4 Å². The van der Waals surface area contributed by atoms with Crippen molar-refractivity contribution in [1.29, 1.82) is 0 Å². The van der Waals surface area contributed by atoms with Gasteiger partial charge in [-0.2, -0.15) is 8.42 Å². The van der Waals surface area contributed by atoms with E-state index in [0.29, 0.717) is 18.8 Å². The molecule has 0 spiro atoms. The van der Waals surface area contributed by atoms with Crippen LogP contribution in [0.3, 0.4) is 0 Å². The minimum Gasteiger partial charge on any atom is -0.299 e. The predicted octanol–water partition coefficient (Wildman–Crippen LogP) is 2.05. The van der Waals surface area contributed by atoms with Gasteiger partial charge in [-0.25, -0.2) is 0 Å². The number of carbonyl (C=O) groups excluding carboxylic acids is 1. The lowest BCUT2D eigenvalue weighted by atomic mass is 9.64. The molecule has 2 rings (SSSR count). The number of fused-ring (bicyclic) bond motifs is 2. The Morgan fingerprint density at radius 1 is 1.35 bits per heavy atom. The van der Waals surface area contributed by atoms with Gasteiger partial charge in [0.15, 0.2) is 0 Å². The smallest absolute Gasteiger partial charge is 0.265 e. The first-order valence-electron chi connectivity index (χ1n) is 6.30. The Hall–Kier alpha value is -0.420. The third-order valence-corrected chi connectivity index (χ3v) is 6.17. The highest BCUT2D eigenvalue weighted by atomic mass is 32.2. The average molecular weight is 260 g/mol. The summed E-state index contributed by atoms with van der Waals surface area (Å²) in [6.07, 6.45) is 3.67. The first-order chi connectivity index (χ1) is 7.81. The second kappa shape index (κ2) is 3.79. The molecule has 0 aliphatic heterocycles. The van der Waals surface area contributed by atoms with Crippen LogP contribution in [-0.2, 0) is 14.9 Å². The molecule has 0 aromatic rings. The van der Waals surface area contributed by atoms with Crippen molar-refractivity contribution in [2.24, 2.45) is 16.7 Å². The summed E-state index contributed by atoms with van der Waals surface area (Å²) in [5.41, 5.74) is -1.02. The molecule has 2 atom stereocenters. The van der Waals surface area contributed by atoms with Crippen molar-refractivity contribution in [2.45, 2.75) is 46.0 Å². The van der Waals surface area contributed by atoms with Gasteiger partial charge in [0.05, 0.1) is 11.2 Å². The zero-order valence-corrected chi connectivity index (χ0v) is 11.2. The Kier molecular flexibility index (Phi) is 2.90. The molecule has 0 aromatic carbocycles. The summed E-state index contributed by atoms with van der Waals surface area (Å²) in [6, 6.07) is 0. The van der Waals surface area contributed by atoms with Gasteiger partial charge in [-0.15, -0.1) is 0 Å². The van der Waals surface area contributed by atoms with Crippen LogP contribution in [-0.4, -0.2) is 24.5 Å². The Morgan fingerprint density at radius 2 is 1.94 bits per heavy atom. The molecule has 5 heteroatoms. The monoisotopic (exact) mass is 260 g/mol. The van der Waals surface area contributed by atoms with Crippen LogP contribution in [0.25, 0.3) is 0 Å². The molecule has 0 amide bonds. The molecule has 2 fully saturated rings. The molecule has 0 saturated heterocycles. The van der Waals surface area contributed by atoms with Gasteiger partial charge in [-0.3, -0.25) is 9.35 Å². The molecular weight excluding hydrogens is 240 g/mol. The molecule has 0 radical (unpaired) electrons. The number of hydrogen-bond donors (Lipinski definition) is 1. The van der Waals surface area contributed by atoms with Crippen LogP contribution in [0.4, 0.5) is 0 Å². The van der Waals surface area contributed by atoms with E-state index in [9.17, 15) is 13.2 Å². The van der Waals surface area contributed by atoms with E-state index in [1.165, 1.54) is 0 Å². The number of rotatable bonds is 4. The molecular formula is C12H20O4S. The molecule has 2 aliphatic rings. The van der Waals surface area contributed by atoms with Crippen LogP contribution in [0.5, 0.6) is 0 Å². The summed E-state index contributed by atoms with van der Waals surface area (Å²) < 4.78 is 31.6. The number of Topliss-reactive ketones (excluding diaryl/α,β-unsaturated/α-hetero) is 1. The normalized spacial score (nSPS) is 35.5. The van der Waals surface area contributed by atoms with Crippen molar-refractivity contribution in [3.05, 3.63) is 0 Å². The third-order valence-electron chi connectivity index (χ3n) is 5.31. The number of hydrogen-bond acceptors (Lipinski definition) is 3. The first kappa shape index (κ1) is 13.0. The lowest BCUT2D eigenvalue weighted by molar-refractivity contribution is -0.128. The van der Waals surface area contributed by atoms with Gasteiger partial charge in [0, 0.05) is 6.42 Å². The van der Waals surface area contributed by atoms with Crippen molar-refractivity contribution in [3.8, 4) is 0 Å². The molecule has 2 aliphatic carbocycles. The standard InChI is InChI=1S/C12H20O4S/c1-3-11(4-2)9-5-6-12(11,10(13)7-9)8-17(14,15)16/h9H,3-8H2,1-2H3,(H,14,15,16). The molecule has 17 heavy (non-hydrogen) atoms. The Bertz CT molecular complexity index is 435. The van der Waals surface area contributed by atoms with Gasteiger partial charge in [0.1, 0.15) is 5.78 Å². The number of carbonyl (C=O) groups is 1. The Labute approximate surface area is 103 Å². The molecule has 98 valence electrons. The number of ketones is 1. The maximum absolute atomic E-state index is 12.2. The Balaban J connectivity index is 2.50. The van der Waals surface area contributed by atoms with Gasteiger partial charge in [0.2, 0.25) is 0 Å². The molecule has 0 heterocycles.